The lowest BCUT2D eigenvalue weighted by atomic mass is 9.72. The molecule has 0 amide bonds. The molecule has 91 heavy (non-hydrogen) atoms. The van der Waals surface area contributed by atoms with E-state index in [1.807, 2.05) is 109 Å². The molecule has 8 nitrogen and oxygen atoms in total. The molecule has 0 saturated heterocycles. The summed E-state index contributed by atoms with van der Waals surface area (Å²) in [4.78, 5) is 21.7. The van der Waals surface area contributed by atoms with Crippen molar-refractivity contribution in [2.24, 2.45) is 20.0 Å². The average molecular weight is 1220 g/mol. The van der Waals surface area contributed by atoms with Crippen LogP contribution in [0.15, 0.2) is 190 Å². The fraction of sp³-hybridized carbons (Fsp3) is 0.373. The lowest BCUT2D eigenvalue weighted by Gasteiger charge is -2.32. The number of aliphatic imine (C=N–C) groups is 4. The van der Waals surface area contributed by atoms with E-state index in [0.29, 0.717) is 22.3 Å². The highest BCUT2D eigenvalue weighted by atomic mass is 16.3. The van der Waals surface area contributed by atoms with Crippen molar-refractivity contribution in [2.75, 3.05) is 0 Å². The Bertz CT molecular complexity index is 3690. The average Bonchev–Trinajstić information content (AvgIpc) is 0.795. The predicted molar refractivity (Wildman–Crippen MR) is 384 cm³/mol. The van der Waals surface area contributed by atoms with Gasteiger partial charge in [-0.25, -0.2) is 0 Å². The van der Waals surface area contributed by atoms with E-state index in [9.17, 15) is 20.4 Å². The Morgan fingerprint density at radius 1 is 0.253 bits per heavy atom. The Hall–Kier alpha value is -8.36. The fourth-order valence-electron chi connectivity index (χ4n) is 11.7. The molecule has 8 heteroatoms. The van der Waals surface area contributed by atoms with Crippen molar-refractivity contribution in [1.29, 1.82) is 0 Å². The summed E-state index contributed by atoms with van der Waals surface area (Å²) >= 11 is 0. The van der Waals surface area contributed by atoms with Gasteiger partial charge in [-0.3, -0.25) is 20.0 Å². The second-order valence-corrected chi connectivity index (χ2v) is 31.5. The number of rotatable bonds is 16. The maximum absolute atomic E-state index is 12.5. The highest BCUT2D eigenvalue weighted by molar-refractivity contribution is 5.88. The van der Waals surface area contributed by atoms with Gasteiger partial charge in [0, 0.05) is 74.8 Å². The van der Waals surface area contributed by atoms with E-state index in [1.54, 1.807) is 12.4 Å². The van der Waals surface area contributed by atoms with Crippen molar-refractivity contribution >= 4 is 24.9 Å². The van der Waals surface area contributed by atoms with E-state index in [0.717, 1.165) is 66.8 Å². The Labute approximate surface area is 544 Å². The minimum absolute atomic E-state index is 0.143. The second-order valence-electron chi connectivity index (χ2n) is 31.5. The first-order chi connectivity index (χ1) is 42.3. The van der Waals surface area contributed by atoms with Gasteiger partial charge in [-0.15, -0.1) is 0 Å². The summed E-state index contributed by atoms with van der Waals surface area (Å²) in [6, 6.07) is 55.1. The third-order valence-corrected chi connectivity index (χ3v) is 17.6. The molecule has 0 heterocycles. The molecule has 0 aliphatic heterocycles. The molecule has 0 saturated carbocycles. The number of phenols is 4. The molecule has 0 aliphatic carbocycles. The highest BCUT2D eigenvalue weighted by Gasteiger charge is 2.34. The van der Waals surface area contributed by atoms with Crippen LogP contribution in [0.25, 0.3) is 0 Å². The van der Waals surface area contributed by atoms with Crippen molar-refractivity contribution in [2.45, 2.75) is 201 Å². The van der Waals surface area contributed by atoms with Crippen LogP contribution in [0.4, 0.5) is 0 Å². The minimum Gasteiger partial charge on any atom is -0.507 e. The summed E-state index contributed by atoms with van der Waals surface area (Å²) in [6.07, 6.45) is 7.23. The first-order valence-electron chi connectivity index (χ1n) is 32.2. The topological polar surface area (TPSA) is 130 Å². The van der Waals surface area contributed by atoms with Crippen molar-refractivity contribution in [3.63, 3.8) is 0 Å². The number of aromatic hydroxyl groups is 4. The van der Waals surface area contributed by atoms with Gasteiger partial charge in [-0.2, -0.15) is 0 Å². The number of hydrogen-bond donors (Lipinski definition) is 4. The number of phenolic OH excluding ortho intramolecular Hbond substituents is 4. The Balaban J connectivity index is 1.28. The van der Waals surface area contributed by atoms with Crippen LogP contribution in [-0.4, -0.2) is 45.3 Å². The third kappa shape index (κ3) is 16.0. The van der Waals surface area contributed by atoms with Crippen LogP contribution < -0.4 is 0 Å². The van der Waals surface area contributed by atoms with Gasteiger partial charge < -0.3 is 20.4 Å². The van der Waals surface area contributed by atoms with Gasteiger partial charge in [0.15, 0.2) is 0 Å². The van der Waals surface area contributed by atoms with E-state index in [2.05, 4.69) is 211 Å². The smallest absolute Gasteiger partial charge is 0.128 e. The summed E-state index contributed by atoms with van der Waals surface area (Å²) in [5.74, 6) is 0.706. The predicted octanol–water partition coefficient (Wildman–Crippen LogP) is 20.7. The second kappa shape index (κ2) is 26.5. The molecule has 8 aromatic rings. The van der Waals surface area contributed by atoms with Gasteiger partial charge in [0.05, 0.1) is 0 Å². The molecule has 0 unspecified atom stereocenters. The first-order valence-corrected chi connectivity index (χ1v) is 32.2. The highest BCUT2D eigenvalue weighted by Crippen LogP contribution is 2.46. The molecule has 8 rings (SSSR count). The molecule has 0 aliphatic rings. The minimum atomic E-state index is -0.719. The van der Waals surface area contributed by atoms with Crippen LogP contribution in [0.1, 0.15) is 252 Å². The van der Waals surface area contributed by atoms with Gasteiger partial charge in [0.2, 0.25) is 0 Å². The Morgan fingerprint density at radius 2 is 0.440 bits per heavy atom. The lowest BCUT2D eigenvalue weighted by Crippen LogP contribution is -2.23. The van der Waals surface area contributed by atoms with E-state index in [4.69, 9.17) is 20.0 Å². The van der Waals surface area contributed by atoms with Crippen LogP contribution in [0.3, 0.4) is 0 Å². The molecular formula is C83H100N4O4. The first kappa shape index (κ1) is 68.5. The van der Waals surface area contributed by atoms with Crippen LogP contribution in [0.2, 0.25) is 0 Å². The number of nitrogens with zero attached hydrogens (tertiary/aromatic N) is 4. The summed E-state index contributed by atoms with van der Waals surface area (Å²) in [6.45, 7) is 42.9. The summed E-state index contributed by atoms with van der Waals surface area (Å²) in [7, 11) is 0. The molecule has 4 N–H and O–H groups in total. The monoisotopic (exact) mass is 1220 g/mol. The Kier molecular flexibility index (Phi) is 19.9. The van der Waals surface area contributed by atoms with Gasteiger partial charge >= 0.3 is 0 Å². The quantitative estimate of drug-likeness (QED) is 0.0718. The van der Waals surface area contributed by atoms with Crippen molar-refractivity contribution < 1.29 is 20.4 Å². The third-order valence-electron chi connectivity index (χ3n) is 17.6. The van der Waals surface area contributed by atoms with Crippen LogP contribution >= 0.6 is 0 Å². The van der Waals surface area contributed by atoms with Gasteiger partial charge in [-0.05, 0) is 101 Å². The molecule has 8 aromatic carbocycles. The van der Waals surface area contributed by atoms with Crippen molar-refractivity contribution in [3.05, 3.63) is 259 Å². The van der Waals surface area contributed by atoms with Gasteiger partial charge in [0.1, 0.15) is 47.2 Å². The molecule has 0 spiro atoms. The SMILES string of the molecule is CC(C)(C)c1cc(C=N[C@@H](c2ccccc2)[C@H](N=Cc2cc(C(C)(C)c3cc(C=N[C@H](c4ccccc4)[C@@H](N=Cc4cc(C(C)(C)C)cc(C(C)(C)C)c4O)c4ccccc4)c(O)c(C(C)(C)C)c3)cc(C(C)(C)C)c2O)c2ccccc2)c(O)c(C(C)(C)C)c1. The van der Waals surface area contributed by atoms with E-state index in [-0.39, 0.29) is 44.7 Å². The van der Waals surface area contributed by atoms with Gasteiger partial charge in [-0.1, -0.05) is 284 Å². The zero-order chi connectivity index (χ0) is 66.8. The van der Waals surface area contributed by atoms with Crippen molar-refractivity contribution in [3.8, 4) is 23.0 Å². The van der Waals surface area contributed by atoms with E-state index in [1.165, 1.54) is 0 Å². The van der Waals surface area contributed by atoms with Crippen molar-refractivity contribution in [1.82, 2.24) is 0 Å². The van der Waals surface area contributed by atoms with E-state index < -0.39 is 40.4 Å². The maximum Gasteiger partial charge on any atom is 0.128 e. The van der Waals surface area contributed by atoms with Crippen LogP contribution in [-0.2, 0) is 37.9 Å². The Morgan fingerprint density at radius 3 is 0.626 bits per heavy atom. The summed E-state index contributed by atoms with van der Waals surface area (Å²) in [5, 5.41) is 49.0. The molecule has 0 bridgehead atoms. The number of hydrogen-bond acceptors (Lipinski definition) is 8. The zero-order valence-corrected chi connectivity index (χ0v) is 57.9. The normalized spacial score (nSPS) is 14.6. The largest absolute Gasteiger partial charge is 0.507 e. The zero-order valence-electron chi connectivity index (χ0n) is 57.9. The van der Waals surface area contributed by atoms with Crippen LogP contribution in [0.5, 0.6) is 23.0 Å². The van der Waals surface area contributed by atoms with Gasteiger partial charge in [0.25, 0.3) is 0 Å². The summed E-state index contributed by atoms with van der Waals surface area (Å²) in [5.41, 5.74) is 10.8. The van der Waals surface area contributed by atoms with E-state index >= 15 is 0 Å². The maximum atomic E-state index is 12.5. The fourth-order valence-corrected chi connectivity index (χ4v) is 11.7. The molecule has 476 valence electrons. The standard InChI is InChI=1S/C83H100N4O4/c1-77(2,3)61-41-57(73(88)65(45-61)79(7,8)9)49-84-69(53-33-25-21-26-34-53)71(55-37-29-23-30-38-55)86-51-59-43-63(47-67(75(59)90)81(13,14)15)83(19,20)64-44-60(76(91)68(48-64)82(16,17)18)52-87-72(56-39-31-24-32-40-56)70(54-35-27-22-28-36-54)85-50-58-42-62(78(4,5)6)46-66(74(58)89)80(10,11)12/h21-52,69-72,88-91H,1-20H3/t69-,70-,71+,72+/m0/s1. The number of benzene rings is 8. The molecule has 0 radical (unpaired) electrons. The lowest BCUT2D eigenvalue weighted by molar-refractivity contribution is 0.442. The molecular weight excluding hydrogens is 1120 g/mol. The molecule has 0 fully saturated rings. The molecule has 0 aromatic heterocycles. The molecule has 4 atom stereocenters. The summed E-state index contributed by atoms with van der Waals surface area (Å²) < 4.78 is 0. The van der Waals surface area contributed by atoms with Crippen LogP contribution in [0, 0.1) is 0 Å².